The maximum absolute atomic E-state index is 13.3. The number of aryl methyl sites for hydroxylation is 1. The third-order valence-corrected chi connectivity index (χ3v) is 5.65. The van der Waals surface area contributed by atoms with Crippen LogP contribution in [0.15, 0.2) is 47.0 Å². The summed E-state index contributed by atoms with van der Waals surface area (Å²) < 4.78 is 11.0. The zero-order chi connectivity index (χ0) is 18.5. The van der Waals surface area contributed by atoms with Crippen molar-refractivity contribution in [3.63, 3.8) is 0 Å². The van der Waals surface area contributed by atoms with E-state index in [1.54, 1.807) is 12.0 Å². The second-order valence-electron chi connectivity index (χ2n) is 7.18. The summed E-state index contributed by atoms with van der Waals surface area (Å²) in [5.74, 6) is 2.12. The van der Waals surface area contributed by atoms with Crippen LogP contribution in [0, 0.1) is 6.92 Å². The number of carbonyl (C=O) groups is 1. The quantitative estimate of drug-likeness (QED) is 0.711. The van der Waals surface area contributed by atoms with Gasteiger partial charge in [-0.1, -0.05) is 35.5 Å². The molecule has 0 N–H and O–H groups in total. The number of benzene rings is 2. The Bertz CT molecular complexity index is 1030. The van der Waals surface area contributed by atoms with E-state index in [-0.39, 0.29) is 18.1 Å². The molecule has 2 aliphatic heterocycles. The largest absolute Gasteiger partial charge is 0.496 e. The van der Waals surface area contributed by atoms with Crippen molar-refractivity contribution in [2.45, 2.75) is 32.0 Å². The molecular formula is C21H21N3O3. The first-order chi connectivity index (χ1) is 13.2. The molecule has 0 aliphatic carbocycles. The maximum atomic E-state index is 13.3. The molecule has 0 spiro atoms. The van der Waals surface area contributed by atoms with Gasteiger partial charge in [-0.3, -0.25) is 14.6 Å². The van der Waals surface area contributed by atoms with Gasteiger partial charge in [-0.15, -0.1) is 0 Å². The second kappa shape index (κ2) is 6.09. The van der Waals surface area contributed by atoms with Gasteiger partial charge < -0.3 is 9.26 Å². The van der Waals surface area contributed by atoms with Gasteiger partial charge in [0, 0.05) is 18.2 Å². The Morgan fingerprint density at radius 2 is 2.07 bits per heavy atom. The van der Waals surface area contributed by atoms with Crippen LogP contribution in [-0.2, 0) is 4.79 Å². The van der Waals surface area contributed by atoms with Gasteiger partial charge in [0.15, 0.2) is 5.82 Å². The van der Waals surface area contributed by atoms with Crippen molar-refractivity contribution in [1.82, 2.24) is 10.1 Å². The first-order valence-electron chi connectivity index (χ1n) is 9.27. The van der Waals surface area contributed by atoms with E-state index in [0.29, 0.717) is 11.6 Å². The van der Waals surface area contributed by atoms with Crippen LogP contribution in [0.25, 0.3) is 10.8 Å². The third-order valence-electron chi connectivity index (χ3n) is 5.65. The zero-order valence-electron chi connectivity index (χ0n) is 15.4. The van der Waals surface area contributed by atoms with E-state index in [9.17, 15) is 4.79 Å². The van der Waals surface area contributed by atoms with Gasteiger partial charge in [-0.2, -0.15) is 0 Å². The van der Waals surface area contributed by atoms with Crippen molar-refractivity contribution in [3.8, 4) is 5.75 Å². The molecule has 3 heterocycles. The van der Waals surface area contributed by atoms with Gasteiger partial charge in [0.25, 0.3) is 0 Å². The molecule has 0 bridgehead atoms. The minimum atomic E-state index is -0.254. The van der Waals surface area contributed by atoms with Crippen molar-refractivity contribution in [3.05, 3.63) is 53.8 Å². The monoisotopic (exact) mass is 363 g/mol. The van der Waals surface area contributed by atoms with Gasteiger partial charge in [0.05, 0.1) is 13.2 Å². The van der Waals surface area contributed by atoms with E-state index >= 15 is 0 Å². The molecule has 27 heavy (non-hydrogen) atoms. The Hall–Kier alpha value is -2.86. The summed E-state index contributed by atoms with van der Waals surface area (Å²) >= 11 is 0. The number of rotatable bonds is 3. The minimum Gasteiger partial charge on any atom is -0.496 e. The molecule has 2 unspecified atom stereocenters. The Kier molecular flexibility index (Phi) is 3.68. The topological polar surface area (TPSA) is 58.8 Å². The average Bonchev–Trinajstić information content (AvgIpc) is 3.38. The molecular weight excluding hydrogens is 342 g/mol. The van der Waals surface area contributed by atoms with E-state index in [2.05, 4.69) is 28.3 Å². The summed E-state index contributed by atoms with van der Waals surface area (Å²) in [4.78, 5) is 17.3. The molecule has 5 rings (SSSR count). The van der Waals surface area contributed by atoms with Crippen LogP contribution < -0.4 is 9.64 Å². The standard InChI is InChI=1S/C21H21N3O3/c1-13-12-18(22-27-13)24-20(23-11-5-8-16(23)21(24)25)19-15-7-4-3-6-14(15)9-10-17(19)26-2/h3-4,6-7,9-10,12,16,20H,5,8,11H2,1-2H3. The highest BCUT2D eigenvalue weighted by Gasteiger charge is 2.51. The van der Waals surface area contributed by atoms with Crippen LogP contribution in [-0.4, -0.2) is 35.7 Å². The zero-order valence-corrected chi connectivity index (χ0v) is 15.4. The minimum absolute atomic E-state index is 0.0841. The summed E-state index contributed by atoms with van der Waals surface area (Å²) in [7, 11) is 1.68. The highest BCUT2D eigenvalue weighted by atomic mass is 16.5. The van der Waals surface area contributed by atoms with Crippen LogP contribution in [0.4, 0.5) is 5.82 Å². The highest BCUT2D eigenvalue weighted by molar-refractivity contribution is 6.01. The van der Waals surface area contributed by atoms with Crippen LogP contribution in [0.5, 0.6) is 5.75 Å². The van der Waals surface area contributed by atoms with Crippen LogP contribution in [0.3, 0.4) is 0 Å². The van der Waals surface area contributed by atoms with Crippen molar-refractivity contribution in [2.24, 2.45) is 0 Å². The number of aromatic nitrogens is 1. The van der Waals surface area contributed by atoms with Crippen LogP contribution in [0.2, 0.25) is 0 Å². The van der Waals surface area contributed by atoms with Crippen LogP contribution >= 0.6 is 0 Å². The van der Waals surface area contributed by atoms with E-state index in [4.69, 9.17) is 9.26 Å². The molecule has 6 heteroatoms. The summed E-state index contributed by atoms with van der Waals surface area (Å²) in [6, 6.07) is 14.0. The van der Waals surface area contributed by atoms with Gasteiger partial charge >= 0.3 is 0 Å². The van der Waals surface area contributed by atoms with E-state index in [0.717, 1.165) is 41.5 Å². The lowest BCUT2D eigenvalue weighted by Crippen LogP contribution is -2.33. The molecule has 2 aromatic carbocycles. The lowest BCUT2D eigenvalue weighted by atomic mass is 10.00. The fourth-order valence-corrected chi connectivity index (χ4v) is 4.50. The normalized spacial score (nSPS) is 22.6. The molecule has 2 atom stereocenters. The number of hydrogen-bond donors (Lipinski definition) is 0. The fraction of sp³-hybridized carbons (Fsp3) is 0.333. The van der Waals surface area contributed by atoms with E-state index in [1.807, 2.05) is 31.2 Å². The first kappa shape index (κ1) is 16.3. The molecule has 3 aromatic rings. The molecule has 0 saturated carbocycles. The predicted octanol–water partition coefficient (Wildman–Crippen LogP) is 3.65. The summed E-state index contributed by atoms with van der Waals surface area (Å²) in [5.41, 5.74) is 1.01. The Balaban J connectivity index is 1.76. The number of ether oxygens (including phenoxy) is 1. The smallest absolute Gasteiger partial charge is 0.247 e. The number of hydrogen-bond acceptors (Lipinski definition) is 5. The molecule has 0 radical (unpaired) electrons. The third kappa shape index (κ3) is 2.36. The highest BCUT2D eigenvalue weighted by Crippen LogP contribution is 2.46. The maximum Gasteiger partial charge on any atom is 0.247 e. The first-order valence-corrected chi connectivity index (χ1v) is 9.27. The molecule has 2 saturated heterocycles. The lowest BCUT2D eigenvalue weighted by molar-refractivity contribution is -0.119. The Morgan fingerprint density at radius 3 is 2.85 bits per heavy atom. The molecule has 6 nitrogen and oxygen atoms in total. The second-order valence-corrected chi connectivity index (χ2v) is 7.18. The molecule has 1 amide bonds. The number of carbonyl (C=O) groups excluding carboxylic acids is 1. The predicted molar refractivity (Wildman–Crippen MR) is 102 cm³/mol. The van der Waals surface area contributed by atoms with Gasteiger partial charge in [0.1, 0.15) is 17.7 Å². The van der Waals surface area contributed by atoms with Crippen molar-refractivity contribution >= 4 is 22.5 Å². The van der Waals surface area contributed by atoms with Gasteiger partial charge in [-0.25, -0.2) is 0 Å². The Morgan fingerprint density at radius 1 is 1.22 bits per heavy atom. The van der Waals surface area contributed by atoms with Crippen LogP contribution in [0.1, 0.15) is 30.3 Å². The van der Waals surface area contributed by atoms with E-state index < -0.39 is 0 Å². The number of anilines is 1. The summed E-state index contributed by atoms with van der Waals surface area (Å²) in [6.45, 7) is 2.71. The molecule has 2 aliphatic rings. The van der Waals surface area contributed by atoms with Crippen molar-refractivity contribution in [2.75, 3.05) is 18.6 Å². The number of nitrogens with zero attached hydrogens (tertiary/aromatic N) is 3. The summed E-state index contributed by atoms with van der Waals surface area (Å²) in [6.07, 6.45) is 1.64. The number of methoxy groups -OCH3 is 1. The fourth-order valence-electron chi connectivity index (χ4n) is 4.50. The molecule has 1 aromatic heterocycles. The van der Waals surface area contributed by atoms with Gasteiger partial charge in [0.2, 0.25) is 5.91 Å². The van der Waals surface area contributed by atoms with Gasteiger partial charge in [-0.05, 0) is 36.6 Å². The average molecular weight is 363 g/mol. The van der Waals surface area contributed by atoms with E-state index in [1.165, 1.54) is 0 Å². The molecule has 138 valence electrons. The number of amides is 1. The van der Waals surface area contributed by atoms with Crippen molar-refractivity contribution < 1.29 is 14.1 Å². The number of fused-ring (bicyclic) bond motifs is 2. The molecule has 2 fully saturated rings. The Labute approximate surface area is 157 Å². The lowest BCUT2D eigenvalue weighted by Gasteiger charge is -2.30. The van der Waals surface area contributed by atoms with Crippen molar-refractivity contribution in [1.29, 1.82) is 0 Å². The SMILES string of the molecule is COc1ccc2ccccc2c1C1N(c2cc(C)on2)C(=O)C2CCCN21. The summed E-state index contributed by atoms with van der Waals surface area (Å²) in [5, 5.41) is 6.36.